The monoisotopic (exact) mass is 717 g/mol. The van der Waals surface area contributed by atoms with E-state index in [1.54, 1.807) is 0 Å². The fourth-order valence-corrected chi connectivity index (χ4v) is 4.18. The predicted molar refractivity (Wildman–Crippen MR) is 174 cm³/mol. The van der Waals surface area contributed by atoms with Crippen molar-refractivity contribution in [3.8, 4) is 0 Å². The number of carbonyl (C=O) groups is 9. The van der Waals surface area contributed by atoms with Crippen molar-refractivity contribution in [1.82, 2.24) is 31.9 Å². The molecule has 5 atom stereocenters. The van der Waals surface area contributed by atoms with Crippen molar-refractivity contribution in [1.29, 1.82) is 5.41 Å². The summed E-state index contributed by atoms with van der Waals surface area (Å²) in [6, 6.07) is -7.19. The van der Waals surface area contributed by atoms with Crippen LogP contribution in [0.4, 0.5) is 0 Å². The zero-order valence-corrected chi connectivity index (χ0v) is 27.5. The Morgan fingerprint density at radius 2 is 1.20 bits per heavy atom. The molecule has 0 rings (SSSR count). The number of aliphatic carboxylic acids is 1. The Labute approximate surface area is 288 Å². The van der Waals surface area contributed by atoms with Crippen LogP contribution >= 0.6 is 0 Å². The van der Waals surface area contributed by atoms with Crippen LogP contribution in [0.3, 0.4) is 0 Å². The number of rotatable bonds is 27. The Bertz CT molecular complexity index is 1270. The van der Waals surface area contributed by atoms with Crippen LogP contribution in [0.1, 0.15) is 65.6 Å². The minimum atomic E-state index is -1.63. The van der Waals surface area contributed by atoms with Crippen molar-refractivity contribution in [3.63, 3.8) is 0 Å². The van der Waals surface area contributed by atoms with E-state index in [9.17, 15) is 43.2 Å². The summed E-state index contributed by atoms with van der Waals surface area (Å²) in [7, 11) is 0. The summed E-state index contributed by atoms with van der Waals surface area (Å²) in [5, 5.41) is 39.2. The van der Waals surface area contributed by atoms with Gasteiger partial charge in [-0.1, -0.05) is 0 Å². The number of primary amides is 2. The molecule has 0 aromatic rings. The number of carboxylic acids is 1. The lowest BCUT2D eigenvalue weighted by Crippen LogP contribution is -2.57. The Kier molecular flexibility index (Phi) is 21.1. The molecule has 0 bridgehead atoms. The van der Waals surface area contributed by atoms with Gasteiger partial charge in [-0.3, -0.25) is 43.8 Å². The average molecular weight is 718 g/mol. The zero-order chi connectivity index (χ0) is 39.1. The van der Waals surface area contributed by atoms with Crippen molar-refractivity contribution in [2.45, 2.75) is 94.4 Å². The van der Waals surface area contributed by atoms with Crippen molar-refractivity contribution in [2.75, 3.05) is 19.7 Å². The molecule has 17 N–H and O–H groups in total. The number of aldehydes is 1. The van der Waals surface area contributed by atoms with E-state index in [4.69, 9.17) is 39.9 Å². The van der Waals surface area contributed by atoms with Crippen molar-refractivity contribution < 1.29 is 54.7 Å². The predicted octanol–water partition coefficient (Wildman–Crippen LogP) is -6.00. The van der Waals surface area contributed by atoms with Crippen LogP contribution in [0.25, 0.3) is 0 Å². The van der Waals surface area contributed by atoms with Crippen LogP contribution in [-0.4, -0.2) is 120 Å². The summed E-state index contributed by atoms with van der Waals surface area (Å²) >= 11 is 0. The number of nitrogens with two attached hydrogens (primary N) is 4. The minimum absolute atomic E-state index is 0.0544. The number of nitrogens with one attached hydrogen (secondary N) is 7. The van der Waals surface area contributed by atoms with E-state index in [0.29, 0.717) is 0 Å². The lowest BCUT2D eigenvalue weighted by atomic mass is 10.0. The van der Waals surface area contributed by atoms with Gasteiger partial charge < -0.3 is 69.8 Å². The Balaban J connectivity index is 6.13. The quantitative estimate of drug-likeness (QED) is 0.0163. The topological polar surface area (TPSA) is 394 Å². The van der Waals surface area contributed by atoms with E-state index in [2.05, 4.69) is 31.9 Å². The standard InChI is InChI=1S/C28H49N11O11/c29-15(5-10-22(44)45)25(48)38-18(6-8-20(42)34-12-14-41)27(50)39-19(26(49)37-17(24(31)47)4-2-13-40)7-9-21(43)36-16(23(30)46)3-1-11-35-28(32)33/h13,15-19,41H,1-12,14,29H2,(H2,30,46)(H2,31,47)(H,34,42)(H,36,43)(H,37,49)(H,38,48)(H,39,50)(H,44,45)(H4,32,33,35)/i13T. The van der Waals surface area contributed by atoms with Crippen molar-refractivity contribution in [2.24, 2.45) is 22.9 Å². The Morgan fingerprint density at radius 1 is 0.680 bits per heavy atom. The SMILES string of the molecule is [3H]C(=O)CCC(NC(=O)C(CCC(=O)NC(CCCNC(=N)N)C(N)=O)NC(=O)C(CCC(=O)NCCO)NC(=O)C(N)CCC(=O)O)C(N)=O. The van der Waals surface area contributed by atoms with Gasteiger partial charge in [0.1, 0.15) is 31.8 Å². The molecule has 0 aliphatic heterocycles. The highest BCUT2D eigenvalue weighted by Gasteiger charge is 2.31. The highest BCUT2D eigenvalue weighted by atomic mass is 16.4. The Hall–Kier alpha value is -5.38. The first-order valence-electron chi connectivity index (χ1n) is 16.1. The van der Waals surface area contributed by atoms with Gasteiger partial charge in [0.2, 0.25) is 41.4 Å². The maximum atomic E-state index is 13.5. The number of guanidine groups is 1. The van der Waals surface area contributed by atoms with Gasteiger partial charge in [0.05, 0.1) is 12.6 Å². The summed E-state index contributed by atoms with van der Waals surface area (Å²) in [6.45, 7) is -0.290. The van der Waals surface area contributed by atoms with Crippen LogP contribution in [0.2, 0.25) is 0 Å². The third-order valence-electron chi connectivity index (χ3n) is 6.88. The van der Waals surface area contributed by atoms with E-state index >= 15 is 0 Å². The second-order valence-electron chi connectivity index (χ2n) is 11.0. The molecule has 50 heavy (non-hydrogen) atoms. The van der Waals surface area contributed by atoms with Gasteiger partial charge in [0, 0.05) is 38.8 Å². The second kappa shape index (κ2) is 24.7. The average Bonchev–Trinajstić information content (AvgIpc) is 3.04. The fourth-order valence-electron chi connectivity index (χ4n) is 4.18. The van der Waals surface area contributed by atoms with Gasteiger partial charge in [-0.15, -0.1) is 0 Å². The van der Waals surface area contributed by atoms with Gasteiger partial charge in [0.15, 0.2) is 5.96 Å². The normalized spacial score (nSPS) is 13.8. The van der Waals surface area contributed by atoms with Gasteiger partial charge >= 0.3 is 5.97 Å². The summed E-state index contributed by atoms with van der Waals surface area (Å²) in [4.78, 5) is 110. The van der Waals surface area contributed by atoms with Gasteiger partial charge in [-0.2, -0.15) is 0 Å². The van der Waals surface area contributed by atoms with E-state index in [1.807, 2.05) is 0 Å². The molecule has 0 saturated carbocycles. The summed E-state index contributed by atoms with van der Waals surface area (Å²) in [5.41, 5.74) is 21.7. The molecular weight excluding hydrogens is 666 g/mol. The first kappa shape index (κ1) is 42.6. The maximum Gasteiger partial charge on any atom is 0.303 e. The molecule has 0 aliphatic carbocycles. The number of carboxylic acid groups (broad SMARTS) is 1. The number of carbonyl (C=O) groups excluding carboxylic acids is 8. The van der Waals surface area contributed by atoms with Gasteiger partial charge in [0.25, 0.3) is 0 Å². The first-order valence-corrected chi connectivity index (χ1v) is 15.6. The number of aliphatic hydroxyl groups is 1. The smallest absolute Gasteiger partial charge is 0.303 e. The molecule has 0 fully saturated rings. The third kappa shape index (κ3) is 20.1. The molecule has 0 heterocycles. The van der Waals surface area contributed by atoms with Crippen LogP contribution < -0.4 is 54.8 Å². The molecule has 5 unspecified atom stereocenters. The molecule has 282 valence electrons. The molecule has 0 spiro atoms. The third-order valence-corrected chi connectivity index (χ3v) is 6.88. The van der Waals surface area contributed by atoms with E-state index in [-0.39, 0.29) is 64.2 Å². The number of aliphatic hydroxyl groups excluding tert-OH is 1. The molecule has 0 aromatic carbocycles. The minimum Gasteiger partial charge on any atom is -0.481 e. The molecule has 0 radical (unpaired) electrons. The molecule has 22 nitrogen and oxygen atoms in total. The van der Waals surface area contributed by atoms with Gasteiger partial charge in [-0.25, -0.2) is 0 Å². The molecule has 0 saturated heterocycles. The second-order valence-corrected chi connectivity index (χ2v) is 11.0. The van der Waals surface area contributed by atoms with Gasteiger partial charge in [-0.05, 0) is 38.5 Å². The molecule has 22 heteroatoms. The molecular formula is C28H49N11O11. The van der Waals surface area contributed by atoms with E-state index in [0.717, 1.165) is 0 Å². The van der Waals surface area contributed by atoms with Crippen LogP contribution in [0.15, 0.2) is 0 Å². The van der Waals surface area contributed by atoms with Crippen LogP contribution in [-0.2, 0) is 43.2 Å². The van der Waals surface area contributed by atoms with Crippen molar-refractivity contribution in [3.05, 3.63) is 0 Å². The lowest BCUT2D eigenvalue weighted by molar-refractivity contribution is -0.137. The zero-order valence-electron chi connectivity index (χ0n) is 28.5. The highest BCUT2D eigenvalue weighted by molar-refractivity contribution is 5.95. The number of amides is 7. The summed E-state index contributed by atoms with van der Waals surface area (Å²) in [5.74, 6) is -8.00. The summed E-state index contributed by atoms with van der Waals surface area (Å²) < 4.78 is 7.06. The Morgan fingerprint density at radius 3 is 1.70 bits per heavy atom. The molecule has 0 aromatic heterocycles. The molecule has 0 aliphatic rings. The van der Waals surface area contributed by atoms with Crippen molar-refractivity contribution >= 4 is 59.5 Å². The van der Waals surface area contributed by atoms with E-state index in [1.165, 1.54) is 0 Å². The highest BCUT2D eigenvalue weighted by Crippen LogP contribution is 2.07. The number of hydrogen-bond donors (Lipinski definition) is 13. The first-order chi connectivity index (χ1) is 23.9. The number of hydrogen-bond acceptors (Lipinski definition) is 12. The summed E-state index contributed by atoms with van der Waals surface area (Å²) in [6.07, 6.45) is -4.06. The molecule has 7 amide bonds. The largest absolute Gasteiger partial charge is 0.481 e. The fraction of sp³-hybridized carbons (Fsp3) is 0.643. The lowest BCUT2D eigenvalue weighted by Gasteiger charge is -2.25. The van der Waals surface area contributed by atoms with Crippen LogP contribution in [0.5, 0.6) is 0 Å². The van der Waals surface area contributed by atoms with E-state index < -0.39 is 109 Å². The maximum absolute atomic E-state index is 13.5. The van der Waals surface area contributed by atoms with Crippen LogP contribution in [0, 0.1) is 5.41 Å².